The molecule has 23 heavy (non-hydrogen) atoms. The lowest BCUT2D eigenvalue weighted by Crippen LogP contribution is -2.70. The van der Waals surface area contributed by atoms with Gasteiger partial charge in [-0.05, 0) is 30.3 Å². The standard InChI is InChI=1S/C16H14ClN3O3/c1-2-14(10-6-8-11(17)9-7-10)20(23)15-12(16(18)21)4-3-5-13(15)19-22/h2-9H,1,19H2,(H2,18,21)/b20-14-. The van der Waals surface area contributed by atoms with E-state index in [1.165, 1.54) is 24.3 Å². The van der Waals surface area contributed by atoms with Crippen molar-refractivity contribution in [1.82, 2.24) is 0 Å². The summed E-state index contributed by atoms with van der Waals surface area (Å²) in [7, 11) is 0. The number of nitrogens with two attached hydrogens (primary N) is 2. The molecule has 2 aromatic carbocycles. The second-order valence-corrected chi connectivity index (χ2v) is 5.05. The highest BCUT2D eigenvalue weighted by Gasteiger charge is 2.24. The van der Waals surface area contributed by atoms with Crippen molar-refractivity contribution < 1.29 is 15.0 Å². The molecule has 7 heteroatoms. The maximum absolute atomic E-state index is 12.8. The lowest BCUT2D eigenvalue weighted by Gasteiger charge is -2.13. The monoisotopic (exact) mass is 331 g/mol. The van der Waals surface area contributed by atoms with E-state index in [9.17, 15) is 15.2 Å². The Hall–Kier alpha value is -2.67. The summed E-state index contributed by atoms with van der Waals surface area (Å²) in [4.78, 5) is 11.6. The Balaban J connectivity index is 2.74. The predicted molar refractivity (Wildman–Crippen MR) is 89.0 cm³/mol. The first-order valence-corrected chi connectivity index (χ1v) is 6.98. The van der Waals surface area contributed by atoms with E-state index in [1.54, 1.807) is 24.3 Å². The molecule has 118 valence electrons. The topological polar surface area (TPSA) is 109 Å². The highest BCUT2D eigenvalue weighted by atomic mass is 35.5. The third kappa shape index (κ3) is 3.40. The number of hydrogen-bond donors (Lipinski definition) is 2. The van der Waals surface area contributed by atoms with Gasteiger partial charge in [0.15, 0.2) is 0 Å². The second kappa shape index (κ2) is 7.06. The maximum atomic E-state index is 12.8. The first kappa shape index (κ1) is 16.7. The molecule has 0 atom stereocenters. The van der Waals surface area contributed by atoms with E-state index in [2.05, 4.69) is 6.58 Å². The Morgan fingerprint density at radius 1 is 1.26 bits per heavy atom. The van der Waals surface area contributed by atoms with Crippen LogP contribution >= 0.6 is 11.6 Å². The lowest BCUT2D eigenvalue weighted by atomic mass is 10.1. The zero-order chi connectivity index (χ0) is 17.0. The number of rotatable bonds is 5. The van der Waals surface area contributed by atoms with Crippen LogP contribution in [-0.2, 0) is 0 Å². The SMILES string of the molecule is C=C/C(c1ccc(Cl)cc1)=[N+](/[O-])c1c([NH2+][O-])cccc1C(N)=O. The van der Waals surface area contributed by atoms with Crippen LogP contribution in [0, 0.1) is 10.4 Å². The molecule has 0 aliphatic rings. The van der Waals surface area contributed by atoms with Crippen LogP contribution in [0.15, 0.2) is 55.1 Å². The van der Waals surface area contributed by atoms with Gasteiger partial charge in [0.25, 0.3) is 11.6 Å². The summed E-state index contributed by atoms with van der Waals surface area (Å²) in [6.07, 6.45) is 1.34. The largest absolute Gasteiger partial charge is 0.630 e. The number of hydrogen-bond acceptors (Lipinski definition) is 3. The quantitative estimate of drug-likeness (QED) is 0.287. The number of carbonyl (C=O) groups excluding carboxylic acids is 1. The zero-order valence-electron chi connectivity index (χ0n) is 12.0. The van der Waals surface area contributed by atoms with Gasteiger partial charge in [0, 0.05) is 22.7 Å². The predicted octanol–water partition coefficient (Wildman–Crippen LogP) is 1.95. The fourth-order valence-electron chi connectivity index (χ4n) is 2.14. The van der Waals surface area contributed by atoms with Crippen molar-refractivity contribution in [3.8, 4) is 0 Å². The van der Waals surface area contributed by atoms with E-state index in [4.69, 9.17) is 17.3 Å². The molecule has 0 radical (unpaired) electrons. The number of nitrogens with zero attached hydrogens (tertiary/aromatic N) is 1. The number of quaternary nitrogens is 1. The summed E-state index contributed by atoms with van der Waals surface area (Å²) >= 11 is 5.84. The molecular formula is C16H14ClN3O3. The van der Waals surface area contributed by atoms with Crippen LogP contribution in [0.25, 0.3) is 0 Å². The second-order valence-electron chi connectivity index (χ2n) is 4.62. The molecule has 0 saturated carbocycles. The number of allylic oxidation sites excluding steroid dienone is 1. The van der Waals surface area contributed by atoms with Gasteiger partial charge in [-0.15, -0.1) is 0 Å². The van der Waals surface area contributed by atoms with E-state index < -0.39 is 5.91 Å². The average molecular weight is 332 g/mol. The van der Waals surface area contributed by atoms with Crippen LogP contribution in [0.1, 0.15) is 15.9 Å². The number of carbonyl (C=O) groups is 1. The van der Waals surface area contributed by atoms with Gasteiger partial charge in [0.2, 0.25) is 11.4 Å². The number of para-hydroxylation sites is 1. The molecule has 0 unspecified atom stereocenters. The van der Waals surface area contributed by atoms with Gasteiger partial charge in [-0.25, -0.2) is 0 Å². The van der Waals surface area contributed by atoms with E-state index in [0.29, 0.717) is 20.8 Å². The molecule has 0 heterocycles. The summed E-state index contributed by atoms with van der Waals surface area (Å²) in [5, 5.41) is 24.5. The van der Waals surface area contributed by atoms with Gasteiger partial charge in [-0.3, -0.25) is 4.79 Å². The first-order valence-electron chi connectivity index (χ1n) is 6.60. The number of benzene rings is 2. The summed E-state index contributed by atoms with van der Waals surface area (Å²) < 4.78 is 0.472. The van der Waals surface area contributed by atoms with Crippen LogP contribution < -0.4 is 11.2 Å². The molecule has 0 fully saturated rings. The fraction of sp³-hybridized carbons (Fsp3) is 0. The molecule has 4 N–H and O–H groups in total. The Morgan fingerprint density at radius 3 is 2.43 bits per heavy atom. The van der Waals surface area contributed by atoms with Crippen LogP contribution in [0.2, 0.25) is 5.02 Å². The van der Waals surface area contributed by atoms with E-state index in [-0.39, 0.29) is 22.6 Å². The average Bonchev–Trinajstić information content (AvgIpc) is 2.56. The van der Waals surface area contributed by atoms with Gasteiger partial charge in [-0.1, -0.05) is 24.2 Å². The molecule has 0 spiro atoms. The van der Waals surface area contributed by atoms with Gasteiger partial charge < -0.3 is 21.6 Å². The van der Waals surface area contributed by atoms with Gasteiger partial charge >= 0.3 is 0 Å². The van der Waals surface area contributed by atoms with Crippen LogP contribution in [0.3, 0.4) is 0 Å². The molecule has 0 aromatic heterocycles. The third-order valence-electron chi connectivity index (χ3n) is 3.21. The highest BCUT2D eigenvalue weighted by Crippen LogP contribution is 2.26. The first-order chi connectivity index (χ1) is 11.0. The van der Waals surface area contributed by atoms with E-state index in [0.717, 1.165) is 0 Å². The normalized spacial score (nSPS) is 11.7. The van der Waals surface area contributed by atoms with Crippen molar-refractivity contribution in [1.29, 1.82) is 0 Å². The lowest BCUT2D eigenvalue weighted by molar-refractivity contribution is -0.505. The molecule has 0 aliphatic carbocycles. The number of halogens is 1. The Kier molecular flexibility index (Phi) is 5.13. The molecule has 2 rings (SSSR count). The van der Waals surface area contributed by atoms with E-state index in [1.807, 2.05) is 0 Å². The molecule has 0 aliphatic heterocycles. The minimum absolute atomic E-state index is 0.0436. The zero-order valence-corrected chi connectivity index (χ0v) is 12.8. The summed E-state index contributed by atoms with van der Waals surface area (Å²) in [6, 6.07) is 10.8. The Morgan fingerprint density at radius 2 is 1.91 bits per heavy atom. The smallest absolute Gasteiger partial charge is 0.291 e. The molecule has 6 nitrogen and oxygen atoms in total. The van der Waals surface area contributed by atoms with Crippen LogP contribution in [-0.4, -0.2) is 16.4 Å². The van der Waals surface area contributed by atoms with Gasteiger partial charge in [0.05, 0.1) is 0 Å². The van der Waals surface area contributed by atoms with Crippen molar-refractivity contribution in [2.45, 2.75) is 0 Å². The number of primary amides is 1. The van der Waals surface area contributed by atoms with Gasteiger partial charge in [-0.2, -0.15) is 4.74 Å². The highest BCUT2D eigenvalue weighted by molar-refractivity contribution is 6.30. The fourth-order valence-corrected chi connectivity index (χ4v) is 2.27. The van der Waals surface area contributed by atoms with Crippen molar-refractivity contribution in [2.75, 3.05) is 0 Å². The molecule has 1 amide bonds. The minimum atomic E-state index is -0.802. The molecule has 2 aromatic rings. The van der Waals surface area contributed by atoms with Crippen LogP contribution in [0.4, 0.5) is 11.4 Å². The summed E-state index contributed by atoms with van der Waals surface area (Å²) in [5.74, 6) is -0.802. The van der Waals surface area contributed by atoms with Crippen molar-refractivity contribution in [3.05, 3.63) is 81.7 Å². The minimum Gasteiger partial charge on any atom is -0.630 e. The summed E-state index contributed by atoms with van der Waals surface area (Å²) in [6.45, 7) is 3.62. The third-order valence-corrected chi connectivity index (χ3v) is 3.47. The molecular weight excluding hydrogens is 318 g/mol. The summed E-state index contributed by atoms with van der Waals surface area (Å²) in [5.41, 5.74) is 6.41. The van der Waals surface area contributed by atoms with Crippen molar-refractivity contribution in [3.63, 3.8) is 0 Å². The van der Waals surface area contributed by atoms with E-state index >= 15 is 0 Å². The maximum Gasteiger partial charge on any atom is 0.291 e. The Bertz CT molecular complexity index is 786. The van der Waals surface area contributed by atoms with Crippen LogP contribution in [0.5, 0.6) is 0 Å². The van der Waals surface area contributed by atoms with Crippen molar-refractivity contribution >= 4 is 34.6 Å². The van der Waals surface area contributed by atoms with Crippen molar-refractivity contribution in [2.24, 2.45) is 5.73 Å². The molecule has 0 saturated heterocycles. The number of amides is 1. The van der Waals surface area contributed by atoms with Gasteiger partial charge in [0.1, 0.15) is 5.56 Å². The Labute approximate surface area is 137 Å². The molecule has 0 bridgehead atoms.